The molecule has 3 aromatic carbocycles. The molecule has 0 saturated carbocycles. The Morgan fingerprint density at radius 2 is 1.66 bits per heavy atom. The molecule has 0 aliphatic rings. The fourth-order valence-corrected chi connectivity index (χ4v) is 4.75. The van der Waals surface area contributed by atoms with E-state index in [9.17, 15) is 13.2 Å². The van der Waals surface area contributed by atoms with Gasteiger partial charge in [0.1, 0.15) is 11.5 Å². The smallest absolute Gasteiger partial charge is 0.278 e. The molecule has 168 valence electrons. The monoisotopic (exact) mass is 473 g/mol. The summed E-state index contributed by atoms with van der Waals surface area (Å²) >= 11 is 6.22. The molecule has 0 aliphatic heterocycles. The van der Waals surface area contributed by atoms with E-state index in [1.165, 1.54) is 37.4 Å². The first-order chi connectivity index (χ1) is 15.1. The molecule has 1 amide bonds. The van der Waals surface area contributed by atoms with Crippen LogP contribution in [0.2, 0.25) is 5.02 Å². The lowest BCUT2D eigenvalue weighted by Gasteiger charge is -2.23. The van der Waals surface area contributed by atoms with E-state index < -0.39 is 22.5 Å². The van der Waals surface area contributed by atoms with Crippen molar-refractivity contribution in [2.75, 3.05) is 18.0 Å². The van der Waals surface area contributed by atoms with Crippen LogP contribution in [0.15, 0.2) is 65.6 Å². The van der Waals surface area contributed by atoms with E-state index in [1.807, 2.05) is 32.9 Å². The molecule has 0 aliphatic carbocycles. The molecule has 8 heteroatoms. The lowest BCUT2D eigenvalue weighted by Crippen LogP contribution is -2.40. The van der Waals surface area contributed by atoms with Crippen molar-refractivity contribution >= 4 is 33.2 Å². The Kier molecular flexibility index (Phi) is 7.11. The summed E-state index contributed by atoms with van der Waals surface area (Å²) in [4.78, 5) is 13.2. The predicted molar refractivity (Wildman–Crippen MR) is 125 cm³/mol. The Bertz CT molecular complexity index is 1240. The van der Waals surface area contributed by atoms with Crippen LogP contribution in [-0.2, 0) is 14.8 Å². The normalized spacial score (nSPS) is 11.2. The average Bonchev–Trinajstić information content (AvgIpc) is 2.75. The molecule has 3 rings (SSSR count). The zero-order chi connectivity index (χ0) is 23.5. The van der Waals surface area contributed by atoms with E-state index in [-0.39, 0.29) is 15.6 Å². The molecule has 0 heterocycles. The van der Waals surface area contributed by atoms with Gasteiger partial charge in [0.2, 0.25) is 0 Å². The summed E-state index contributed by atoms with van der Waals surface area (Å²) in [5.41, 5.74) is 2.86. The largest absolute Gasteiger partial charge is 0.495 e. The van der Waals surface area contributed by atoms with Gasteiger partial charge in [0.15, 0.2) is 6.61 Å². The van der Waals surface area contributed by atoms with Gasteiger partial charge in [-0.05, 0) is 68.3 Å². The maximum absolute atomic E-state index is 13.5. The maximum Gasteiger partial charge on any atom is 0.278 e. The maximum atomic E-state index is 13.5. The second kappa shape index (κ2) is 9.63. The average molecular weight is 474 g/mol. The Labute approximate surface area is 193 Å². The van der Waals surface area contributed by atoms with Crippen LogP contribution < -0.4 is 13.8 Å². The lowest BCUT2D eigenvalue weighted by atomic mass is 10.1. The topological polar surface area (TPSA) is 72.9 Å². The van der Waals surface area contributed by atoms with E-state index in [1.54, 1.807) is 18.2 Å². The molecule has 0 fully saturated rings. The zero-order valence-electron chi connectivity index (χ0n) is 18.3. The number of ether oxygens (including phenoxy) is 2. The van der Waals surface area contributed by atoms with Crippen molar-refractivity contribution in [1.29, 1.82) is 0 Å². The highest BCUT2D eigenvalue weighted by molar-refractivity contribution is 7.93. The summed E-state index contributed by atoms with van der Waals surface area (Å²) in [7, 11) is -2.78. The number of methoxy groups -OCH3 is 1. The first-order valence-electron chi connectivity index (χ1n) is 9.82. The minimum Gasteiger partial charge on any atom is -0.495 e. The fraction of sp³-hybridized carbons (Fsp3) is 0.208. The van der Waals surface area contributed by atoms with E-state index in [2.05, 4.69) is 0 Å². The van der Waals surface area contributed by atoms with Crippen molar-refractivity contribution in [3.05, 3.63) is 82.4 Å². The molecule has 0 bridgehead atoms. The lowest BCUT2D eigenvalue weighted by molar-refractivity contribution is -0.119. The first-order valence-corrected chi connectivity index (χ1v) is 11.6. The Hall–Kier alpha value is -3.03. The quantitative estimate of drug-likeness (QED) is 0.478. The zero-order valence-corrected chi connectivity index (χ0v) is 19.8. The minimum atomic E-state index is -4.22. The van der Waals surface area contributed by atoms with E-state index in [4.69, 9.17) is 21.1 Å². The third kappa shape index (κ3) is 4.89. The third-order valence-electron chi connectivity index (χ3n) is 5.06. The van der Waals surface area contributed by atoms with Crippen molar-refractivity contribution in [3.8, 4) is 11.5 Å². The van der Waals surface area contributed by atoms with Crippen molar-refractivity contribution in [1.82, 2.24) is 0 Å². The van der Waals surface area contributed by atoms with Gasteiger partial charge in [-0.3, -0.25) is 4.79 Å². The second-order valence-corrected chi connectivity index (χ2v) is 9.48. The molecule has 0 N–H and O–H groups in total. The van der Waals surface area contributed by atoms with Crippen molar-refractivity contribution in [2.24, 2.45) is 0 Å². The molecule has 3 aromatic rings. The molecule has 0 radical (unpaired) electrons. The van der Waals surface area contributed by atoms with Crippen LogP contribution in [0.25, 0.3) is 0 Å². The van der Waals surface area contributed by atoms with Crippen LogP contribution in [0.4, 0.5) is 5.69 Å². The van der Waals surface area contributed by atoms with Crippen LogP contribution in [0.1, 0.15) is 16.7 Å². The number of carbonyl (C=O) groups excluding carboxylic acids is 1. The van der Waals surface area contributed by atoms with Gasteiger partial charge in [-0.25, -0.2) is 8.42 Å². The highest BCUT2D eigenvalue weighted by atomic mass is 35.5. The van der Waals surface area contributed by atoms with Crippen LogP contribution in [0.3, 0.4) is 0 Å². The van der Waals surface area contributed by atoms with Gasteiger partial charge in [0.05, 0.1) is 22.7 Å². The van der Waals surface area contributed by atoms with Crippen molar-refractivity contribution < 1.29 is 22.7 Å². The van der Waals surface area contributed by atoms with Gasteiger partial charge in [-0.2, -0.15) is 4.31 Å². The van der Waals surface area contributed by atoms with Gasteiger partial charge in [-0.15, -0.1) is 0 Å². The summed E-state index contributed by atoms with van der Waals surface area (Å²) in [6.07, 6.45) is 0. The number of nitrogens with zero attached hydrogens (tertiary/aromatic N) is 1. The van der Waals surface area contributed by atoms with E-state index in [0.29, 0.717) is 15.8 Å². The number of anilines is 1. The van der Waals surface area contributed by atoms with Gasteiger partial charge >= 0.3 is 0 Å². The molecular formula is C24H24ClNO5S. The standard InChI is InChI=1S/C24H24ClNO5S/c1-16-8-11-20(12-9-16)32(28,29)26(19-10-13-23(30-4)21(25)14-19)24(27)15-31-22-7-5-6-17(2)18(22)3/h5-14H,15H2,1-4H3. The Balaban J connectivity index is 2.01. The molecule has 0 spiro atoms. The number of aryl methyl sites for hydroxylation is 2. The van der Waals surface area contributed by atoms with Gasteiger partial charge in [-0.1, -0.05) is 41.4 Å². The van der Waals surface area contributed by atoms with Gasteiger partial charge < -0.3 is 9.47 Å². The number of amides is 1. The van der Waals surface area contributed by atoms with Crippen LogP contribution in [0, 0.1) is 20.8 Å². The molecule has 0 aromatic heterocycles. The van der Waals surface area contributed by atoms with Gasteiger partial charge in [0.25, 0.3) is 15.9 Å². The number of hydrogen-bond donors (Lipinski definition) is 0. The molecule has 6 nitrogen and oxygen atoms in total. The molecule has 0 saturated heterocycles. The number of halogens is 1. The predicted octanol–water partition coefficient (Wildman–Crippen LogP) is 5.07. The number of benzene rings is 3. The summed E-state index contributed by atoms with van der Waals surface area (Å²) in [5, 5.41) is 0.178. The third-order valence-corrected chi connectivity index (χ3v) is 7.12. The van der Waals surface area contributed by atoms with Crippen LogP contribution in [-0.4, -0.2) is 28.0 Å². The number of sulfonamides is 1. The summed E-state index contributed by atoms with van der Waals surface area (Å²) < 4.78 is 38.5. The number of carbonyl (C=O) groups is 1. The van der Waals surface area contributed by atoms with E-state index >= 15 is 0 Å². The Morgan fingerprint density at radius 3 is 2.28 bits per heavy atom. The second-order valence-electron chi connectivity index (χ2n) is 7.28. The SMILES string of the molecule is COc1ccc(N(C(=O)COc2cccc(C)c2C)S(=O)(=O)c2ccc(C)cc2)cc1Cl. The summed E-state index contributed by atoms with van der Waals surface area (Å²) in [5.74, 6) is 0.119. The minimum absolute atomic E-state index is 0.0184. The molecule has 32 heavy (non-hydrogen) atoms. The Morgan fingerprint density at radius 1 is 0.969 bits per heavy atom. The first kappa shape index (κ1) is 23.6. The molecule has 0 atom stereocenters. The van der Waals surface area contributed by atoms with Gasteiger partial charge in [0, 0.05) is 0 Å². The van der Waals surface area contributed by atoms with E-state index in [0.717, 1.165) is 16.7 Å². The summed E-state index contributed by atoms with van der Waals surface area (Å²) in [6, 6.07) is 16.1. The highest BCUT2D eigenvalue weighted by Crippen LogP contribution is 2.32. The van der Waals surface area contributed by atoms with Crippen molar-refractivity contribution in [2.45, 2.75) is 25.7 Å². The van der Waals surface area contributed by atoms with Crippen molar-refractivity contribution in [3.63, 3.8) is 0 Å². The fourth-order valence-electron chi connectivity index (χ4n) is 3.09. The number of hydrogen-bond acceptors (Lipinski definition) is 5. The van der Waals surface area contributed by atoms with Crippen LogP contribution in [0.5, 0.6) is 11.5 Å². The van der Waals surface area contributed by atoms with Crippen LogP contribution >= 0.6 is 11.6 Å². The molecular weight excluding hydrogens is 450 g/mol. The summed E-state index contributed by atoms with van der Waals surface area (Å²) in [6.45, 7) is 5.18. The highest BCUT2D eigenvalue weighted by Gasteiger charge is 2.32. The number of rotatable bonds is 7. The molecule has 0 unspecified atom stereocenters.